The number of amides is 2. The summed E-state index contributed by atoms with van der Waals surface area (Å²) in [6, 6.07) is 6.96. The maximum Gasteiger partial charge on any atom is 0.263 e. The zero-order valence-electron chi connectivity index (χ0n) is 19.2. The molecule has 0 atom stereocenters. The lowest BCUT2D eigenvalue weighted by atomic mass is 9.97. The van der Waals surface area contributed by atoms with Gasteiger partial charge in [0.2, 0.25) is 0 Å². The Morgan fingerprint density at radius 3 is 2.50 bits per heavy atom. The molecule has 34 heavy (non-hydrogen) atoms. The number of hydrogen-bond donors (Lipinski definition) is 0. The summed E-state index contributed by atoms with van der Waals surface area (Å²) >= 11 is 3.22. The van der Waals surface area contributed by atoms with Gasteiger partial charge in [-0.15, -0.1) is 11.3 Å². The molecule has 1 aliphatic carbocycles. The Hall–Kier alpha value is -2.49. The van der Waals surface area contributed by atoms with E-state index in [4.69, 9.17) is 9.72 Å². The standard InChI is InChI=1S/C25H27N3O4S2/c1-32-14-13-28-24(31)20-18-10-4-5-11-19(18)34-21(20)26-25(28)33-15-7-6-12-27-22(29)16-8-2-3-9-17(16)23(27)30/h2-3,8-9H,4-7,10-15H2,1H3. The van der Waals surface area contributed by atoms with Gasteiger partial charge in [0.25, 0.3) is 17.4 Å². The maximum atomic E-state index is 13.4. The smallest absolute Gasteiger partial charge is 0.263 e. The van der Waals surface area contributed by atoms with Gasteiger partial charge in [-0.2, -0.15) is 0 Å². The first-order chi connectivity index (χ1) is 16.6. The van der Waals surface area contributed by atoms with Gasteiger partial charge >= 0.3 is 0 Å². The van der Waals surface area contributed by atoms with Gasteiger partial charge in [-0.3, -0.25) is 23.9 Å². The fraction of sp³-hybridized carbons (Fsp3) is 0.440. The van der Waals surface area contributed by atoms with E-state index in [9.17, 15) is 14.4 Å². The Labute approximate surface area is 206 Å². The third-order valence-corrected chi connectivity index (χ3v) is 8.69. The molecule has 0 saturated heterocycles. The average Bonchev–Trinajstić information content (AvgIpc) is 3.34. The summed E-state index contributed by atoms with van der Waals surface area (Å²) in [7, 11) is 1.63. The molecule has 3 aromatic rings. The lowest BCUT2D eigenvalue weighted by Crippen LogP contribution is -2.30. The summed E-state index contributed by atoms with van der Waals surface area (Å²) in [5, 5.41) is 1.51. The van der Waals surface area contributed by atoms with Gasteiger partial charge in [0, 0.05) is 24.3 Å². The minimum atomic E-state index is -0.213. The number of methoxy groups -OCH3 is 1. The zero-order valence-corrected chi connectivity index (χ0v) is 20.8. The van der Waals surface area contributed by atoms with Crippen molar-refractivity contribution in [2.75, 3.05) is 26.0 Å². The van der Waals surface area contributed by atoms with Gasteiger partial charge in [0.05, 0.1) is 29.7 Å². The fourth-order valence-corrected chi connectivity index (χ4v) is 7.01. The summed E-state index contributed by atoms with van der Waals surface area (Å²) in [6.45, 7) is 1.32. The Morgan fingerprint density at radius 1 is 1.03 bits per heavy atom. The van der Waals surface area contributed by atoms with E-state index in [1.807, 2.05) is 0 Å². The second-order valence-electron chi connectivity index (χ2n) is 8.60. The molecule has 0 fully saturated rings. The first kappa shape index (κ1) is 23.3. The van der Waals surface area contributed by atoms with Crippen LogP contribution in [0.1, 0.15) is 56.8 Å². The molecular weight excluding hydrogens is 470 g/mol. The molecule has 0 bridgehead atoms. The first-order valence-electron chi connectivity index (χ1n) is 11.7. The summed E-state index contributed by atoms with van der Waals surface area (Å²) in [6.07, 6.45) is 5.80. The predicted molar refractivity (Wildman–Crippen MR) is 134 cm³/mol. The van der Waals surface area contributed by atoms with Crippen LogP contribution in [0, 0.1) is 0 Å². The predicted octanol–water partition coefficient (Wildman–Crippen LogP) is 4.15. The monoisotopic (exact) mass is 497 g/mol. The van der Waals surface area contributed by atoms with Crippen molar-refractivity contribution in [3.63, 3.8) is 0 Å². The SMILES string of the molecule is COCCn1c(SCCCCN2C(=O)c3ccccc3C2=O)nc2sc3c(c2c1=O)CCCC3. The summed E-state index contributed by atoms with van der Waals surface area (Å²) < 4.78 is 7.00. The van der Waals surface area contributed by atoms with E-state index in [2.05, 4.69) is 0 Å². The fourth-order valence-electron chi connectivity index (χ4n) is 4.69. The maximum absolute atomic E-state index is 13.4. The number of aromatic nitrogens is 2. The van der Waals surface area contributed by atoms with E-state index in [0.29, 0.717) is 42.4 Å². The van der Waals surface area contributed by atoms with E-state index in [-0.39, 0.29) is 17.4 Å². The molecule has 0 saturated carbocycles. The second kappa shape index (κ2) is 10.0. The number of imide groups is 1. The molecule has 1 aromatic carbocycles. The van der Waals surface area contributed by atoms with Crippen molar-refractivity contribution < 1.29 is 14.3 Å². The van der Waals surface area contributed by atoms with Crippen LogP contribution in [0.25, 0.3) is 10.2 Å². The Bertz CT molecular complexity index is 1280. The van der Waals surface area contributed by atoms with Gasteiger partial charge in [-0.1, -0.05) is 23.9 Å². The van der Waals surface area contributed by atoms with Crippen LogP contribution >= 0.6 is 23.1 Å². The van der Waals surface area contributed by atoms with E-state index in [1.54, 1.807) is 59.0 Å². The Balaban J connectivity index is 1.26. The van der Waals surface area contributed by atoms with E-state index >= 15 is 0 Å². The number of aryl methyl sites for hydroxylation is 2. The van der Waals surface area contributed by atoms with Crippen LogP contribution in [0.2, 0.25) is 0 Å². The van der Waals surface area contributed by atoms with Crippen molar-refractivity contribution in [3.8, 4) is 0 Å². The first-order valence-corrected chi connectivity index (χ1v) is 13.5. The largest absolute Gasteiger partial charge is 0.383 e. The topological polar surface area (TPSA) is 81.5 Å². The van der Waals surface area contributed by atoms with Crippen LogP contribution < -0.4 is 5.56 Å². The lowest BCUT2D eigenvalue weighted by Gasteiger charge is -2.14. The second-order valence-corrected chi connectivity index (χ2v) is 10.7. The minimum absolute atomic E-state index is 0.0370. The Kier molecular flexibility index (Phi) is 6.85. The molecule has 1 aliphatic heterocycles. The van der Waals surface area contributed by atoms with E-state index < -0.39 is 0 Å². The molecule has 2 aliphatic rings. The number of ether oxygens (including phenoxy) is 1. The molecule has 2 amide bonds. The average molecular weight is 498 g/mol. The number of thioether (sulfide) groups is 1. The number of benzene rings is 1. The van der Waals surface area contributed by atoms with E-state index in [0.717, 1.165) is 41.7 Å². The Morgan fingerprint density at radius 2 is 1.76 bits per heavy atom. The number of unbranched alkanes of at least 4 members (excludes halogenated alkanes) is 1. The molecule has 0 radical (unpaired) electrons. The van der Waals surface area contributed by atoms with Gasteiger partial charge in [-0.05, 0) is 56.2 Å². The highest BCUT2D eigenvalue weighted by Crippen LogP contribution is 2.34. The number of hydrogen-bond acceptors (Lipinski definition) is 7. The van der Waals surface area contributed by atoms with Crippen LogP contribution in [0.4, 0.5) is 0 Å². The molecule has 178 valence electrons. The summed E-state index contributed by atoms with van der Waals surface area (Å²) in [5.41, 5.74) is 2.21. The molecule has 0 unspecified atom stereocenters. The van der Waals surface area contributed by atoms with Crippen molar-refractivity contribution >= 4 is 45.1 Å². The van der Waals surface area contributed by atoms with Crippen molar-refractivity contribution in [1.82, 2.24) is 14.5 Å². The molecule has 3 heterocycles. The minimum Gasteiger partial charge on any atom is -0.383 e. The molecule has 5 rings (SSSR count). The molecule has 0 N–H and O–H groups in total. The van der Waals surface area contributed by atoms with E-state index in [1.165, 1.54) is 21.8 Å². The van der Waals surface area contributed by atoms with Gasteiger partial charge in [0.1, 0.15) is 4.83 Å². The van der Waals surface area contributed by atoms with Crippen LogP contribution in [-0.4, -0.2) is 52.3 Å². The van der Waals surface area contributed by atoms with Gasteiger partial charge < -0.3 is 4.74 Å². The van der Waals surface area contributed by atoms with Crippen molar-refractivity contribution in [1.29, 1.82) is 0 Å². The number of fused-ring (bicyclic) bond motifs is 4. The highest BCUT2D eigenvalue weighted by Gasteiger charge is 2.34. The molecule has 0 spiro atoms. The van der Waals surface area contributed by atoms with Crippen LogP contribution in [-0.2, 0) is 24.1 Å². The number of carbonyl (C=O) groups excluding carboxylic acids is 2. The van der Waals surface area contributed by atoms with Crippen molar-refractivity contribution in [3.05, 3.63) is 56.2 Å². The third kappa shape index (κ3) is 4.21. The van der Waals surface area contributed by atoms with Gasteiger partial charge in [0.15, 0.2) is 5.16 Å². The van der Waals surface area contributed by atoms with Crippen LogP contribution in [0.5, 0.6) is 0 Å². The number of nitrogens with zero attached hydrogens (tertiary/aromatic N) is 3. The van der Waals surface area contributed by atoms with Crippen molar-refractivity contribution in [2.45, 2.75) is 50.2 Å². The third-order valence-electron chi connectivity index (χ3n) is 6.44. The summed E-state index contributed by atoms with van der Waals surface area (Å²) in [4.78, 5) is 46.8. The van der Waals surface area contributed by atoms with Crippen LogP contribution in [0.3, 0.4) is 0 Å². The number of thiophene rings is 1. The zero-order chi connectivity index (χ0) is 23.7. The quantitative estimate of drug-likeness (QED) is 0.191. The van der Waals surface area contributed by atoms with Gasteiger partial charge in [-0.25, -0.2) is 4.98 Å². The molecule has 9 heteroatoms. The van der Waals surface area contributed by atoms with Crippen molar-refractivity contribution in [2.24, 2.45) is 0 Å². The normalized spacial score (nSPS) is 15.3. The summed E-state index contributed by atoms with van der Waals surface area (Å²) in [5.74, 6) is 0.324. The highest BCUT2D eigenvalue weighted by molar-refractivity contribution is 7.99. The van der Waals surface area contributed by atoms with Crippen LogP contribution in [0.15, 0.2) is 34.2 Å². The number of carbonyl (C=O) groups is 2. The lowest BCUT2D eigenvalue weighted by molar-refractivity contribution is 0.0652. The number of rotatable bonds is 9. The molecular formula is C25H27N3O4S2. The molecule has 2 aromatic heterocycles. The highest BCUT2D eigenvalue weighted by atomic mass is 32.2. The molecule has 7 nitrogen and oxygen atoms in total.